The van der Waals surface area contributed by atoms with Crippen molar-refractivity contribution >= 4 is 23.9 Å². The minimum atomic E-state index is -0.506. The predicted octanol–water partition coefficient (Wildman–Crippen LogP) is 2.20. The summed E-state index contributed by atoms with van der Waals surface area (Å²) < 4.78 is 14.3. The van der Waals surface area contributed by atoms with Crippen molar-refractivity contribution in [2.24, 2.45) is 0 Å². The van der Waals surface area contributed by atoms with E-state index in [-0.39, 0.29) is 31.4 Å². The Balaban J connectivity index is 0.000000311. The quantitative estimate of drug-likeness (QED) is 0.338. The lowest BCUT2D eigenvalue weighted by molar-refractivity contribution is -0.145. The van der Waals surface area contributed by atoms with Crippen molar-refractivity contribution in [1.29, 1.82) is 5.26 Å². The maximum absolute atomic E-state index is 11.5. The molecule has 2 aliphatic heterocycles. The Morgan fingerprint density at radius 2 is 1.45 bits per heavy atom. The van der Waals surface area contributed by atoms with Gasteiger partial charge in [-0.3, -0.25) is 14.6 Å². The van der Waals surface area contributed by atoms with Gasteiger partial charge in [0.2, 0.25) is 0 Å². The number of likely N-dealkylation sites (tertiary alicyclic amines) is 2. The molecule has 170 valence electrons. The standard InChI is InChI=1S/C11H14N2O3.C10H15NO4/c1-2-8-16-11(15)13-7-3-4-9(13)10(14)5-6-12;1-3-7-15-10(13)11-6-4-5-8(11)9(12)14-2/h2,9H,1,3-5,7-8H2;3,8H,1,4-7H2,2H3. The topological polar surface area (TPSA) is 126 Å². The number of hydrogen-bond donors (Lipinski definition) is 0. The van der Waals surface area contributed by atoms with E-state index in [1.807, 2.05) is 0 Å². The summed E-state index contributed by atoms with van der Waals surface area (Å²) in [5, 5.41) is 8.44. The summed E-state index contributed by atoms with van der Waals surface area (Å²) in [7, 11) is 1.31. The van der Waals surface area contributed by atoms with Gasteiger partial charge in [-0.25, -0.2) is 14.4 Å². The highest BCUT2D eigenvalue weighted by Gasteiger charge is 2.36. The fraction of sp³-hybridized carbons (Fsp3) is 0.571. The van der Waals surface area contributed by atoms with Gasteiger partial charge in [0.15, 0.2) is 5.78 Å². The number of nitriles is 1. The van der Waals surface area contributed by atoms with Crippen LogP contribution in [-0.4, -0.2) is 79.2 Å². The van der Waals surface area contributed by atoms with Crippen LogP contribution in [0.4, 0.5) is 9.59 Å². The van der Waals surface area contributed by atoms with Crippen LogP contribution < -0.4 is 0 Å². The molecule has 0 bridgehead atoms. The Morgan fingerprint density at radius 3 is 1.90 bits per heavy atom. The van der Waals surface area contributed by atoms with Crippen LogP contribution in [0.15, 0.2) is 25.3 Å². The van der Waals surface area contributed by atoms with E-state index in [1.165, 1.54) is 29.1 Å². The third-order valence-corrected chi connectivity index (χ3v) is 4.72. The lowest BCUT2D eigenvalue weighted by Crippen LogP contribution is -2.41. The van der Waals surface area contributed by atoms with E-state index in [9.17, 15) is 19.2 Å². The second-order valence-corrected chi connectivity index (χ2v) is 6.76. The number of rotatable bonds is 7. The van der Waals surface area contributed by atoms with Crippen LogP contribution in [0, 0.1) is 11.3 Å². The van der Waals surface area contributed by atoms with Gasteiger partial charge < -0.3 is 14.2 Å². The fourth-order valence-electron chi connectivity index (χ4n) is 3.31. The molecule has 0 aliphatic carbocycles. The number of ether oxygens (including phenoxy) is 3. The van der Waals surface area contributed by atoms with E-state index in [4.69, 9.17) is 14.7 Å². The summed E-state index contributed by atoms with van der Waals surface area (Å²) in [6.07, 6.45) is 4.63. The summed E-state index contributed by atoms with van der Waals surface area (Å²) in [4.78, 5) is 48.7. The molecule has 10 nitrogen and oxygen atoms in total. The highest BCUT2D eigenvalue weighted by Crippen LogP contribution is 2.20. The molecule has 2 heterocycles. The Hall–Kier alpha value is -3.35. The van der Waals surface area contributed by atoms with E-state index >= 15 is 0 Å². The lowest BCUT2D eigenvalue weighted by Gasteiger charge is -2.21. The fourth-order valence-corrected chi connectivity index (χ4v) is 3.31. The molecule has 0 aromatic rings. The van der Waals surface area contributed by atoms with Gasteiger partial charge in [0, 0.05) is 13.1 Å². The normalized spacial score (nSPS) is 19.4. The summed E-state index contributed by atoms with van der Waals surface area (Å²) >= 11 is 0. The van der Waals surface area contributed by atoms with Crippen molar-refractivity contribution < 1.29 is 33.4 Å². The molecule has 0 aromatic heterocycles. The van der Waals surface area contributed by atoms with Crippen LogP contribution in [-0.2, 0) is 23.8 Å². The molecule has 10 heteroatoms. The van der Waals surface area contributed by atoms with Crippen LogP contribution >= 0.6 is 0 Å². The number of ketones is 1. The maximum Gasteiger partial charge on any atom is 0.410 e. The first kappa shape index (κ1) is 25.7. The zero-order valence-corrected chi connectivity index (χ0v) is 17.8. The molecule has 2 rings (SSSR count). The average molecular weight is 435 g/mol. The van der Waals surface area contributed by atoms with Crippen molar-refractivity contribution in [2.75, 3.05) is 33.4 Å². The third-order valence-electron chi connectivity index (χ3n) is 4.72. The SMILES string of the molecule is C=CCOC(=O)N1CCCC1C(=O)CC#N.C=CCOC(=O)N1CCCC1C(=O)OC. The largest absolute Gasteiger partial charge is 0.467 e. The summed E-state index contributed by atoms with van der Waals surface area (Å²) in [6, 6.07) is 0.820. The van der Waals surface area contributed by atoms with Crippen LogP contribution in [0.1, 0.15) is 32.1 Å². The van der Waals surface area contributed by atoms with Crippen LogP contribution in [0.2, 0.25) is 0 Å². The predicted molar refractivity (Wildman–Crippen MR) is 110 cm³/mol. The van der Waals surface area contributed by atoms with Gasteiger partial charge in [-0.2, -0.15) is 5.26 Å². The Kier molecular flexibility index (Phi) is 11.4. The van der Waals surface area contributed by atoms with Gasteiger partial charge in [-0.05, 0) is 25.7 Å². The summed E-state index contributed by atoms with van der Waals surface area (Å²) in [5.74, 6) is -0.599. The van der Waals surface area contributed by atoms with Gasteiger partial charge in [0.25, 0.3) is 0 Å². The van der Waals surface area contributed by atoms with Crippen LogP contribution in [0.5, 0.6) is 0 Å². The molecule has 0 N–H and O–H groups in total. The minimum Gasteiger partial charge on any atom is -0.467 e. The molecule has 31 heavy (non-hydrogen) atoms. The molecule has 0 aromatic carbocycles. The molecule has 2 unspecified atom stereocenters. The third kappa shape index (κ3) is 7.77. The van der Waals surface area contributed by atoms with E-state index in [2.05, 4.69) is 17.9 Å². The molecule has 2 atom stereocenters. The average Bonchev–Trinajstić information content (AvgIpc) is 3.45. The van der Waals surface area contributed by atoms with E-state index in [0.29, 0.717) is 25.9 Å². The number of nitrogens with zero attached hydrogens (tertiary/aromatic N) is 3. The van der Waals surface area contributed by atoms with Gasteiger partial charge in [0.1, 0.15) is 19.3 Å². The minimum absolute atomic E-state index is 0.133. The van der Waals surface area contributed by atoms with Crippen molar-refractivity contribution in [3.05, 3.63) is 25.3 Å². The van der Waals surface area contributed by atoms with Crippen LogP contribution in [0.25, 0.3) is 0 Å². The smallest absolute Gasteiger partial charge is 0.410 e. The highest BCUT2D eigenvalue weighted by atomic mass is 16.6. The maximum atomic E-state index is 11.5. The Labute approximate surface area is 182 Å². The molecular weight excluding hydrogens is 406 g/mol. The first-order valence-electron chi connectivity index (χ1n) is 9.97. The van der Waals surface area contributed by atoms with Gasteiger partial charge in [0.05, 0.1) is 25.6 Å². The zero-order chi connectivity index (χ0) is 23.2. The molecule has 0 spiro atoms. The van der Waals surface area contributed by atoms with E-state index < -0.39 is 24.3 Å². The highest BCUT2D eigenvalue weighted by molar-refractivity contribution is 5.89. The second-order valence-electron chi connectivity index (χ2n) is 6.76. The van der Waals surface area contributed by atoms with E-state index in [0.717, 1.165) is 12.8 Å². The molecule has 0 saturated carbocycles. The summed E-state index contributed by atoms with van der Waals surface area (Å²) in [5.41, 5.74) is 0. The molecule has 2 aliphatic rings. The number of Topliss-reactive ketones (excluding diaryl/α,β-unsaturated/α-hetero) is 1. The van der Waals surface area contributed by atoms with Crippen molar-refractivity contribution in [3.8, 4) is 6.07 Å². The number of amides is 2. The molecule has 0 radical (unpaired) electrons. The summed E-state index contributed by atoms with van der Waals surface area (Å²) in [6.45, 7) is 8.22. The van der Waals surface area contributed by atoms with E-state index in [1.54, 1.807) is 6.07 Å². The van der Waals surface area contributed by atoms with Crippen molar-refractivity contribution in [3.63, 3.8) is 0 Å². The zero-order valence-electron chi connectivity index (χ0n) is 17.8. The first-order chi connectivity index (χ1) is 14.9. The molecule has 2 amide bonds. The first-order valence-corrected chi connectivity index (χ1v) is 9.97. The number of esters is 1. The number of methoxy groups -OCH3 is 1. The van der Waals surface area contributed by atoms with Crippen molar-refractivity contribution in [1.82, 2.24) is 9.80 Å². The van der Waals surface area contributed by atoms with Gasteiger partial charge >= 0.3 is 18.2 Å². The molecular formula is C21H29N3O7. The van der Waals surface area contributed by atoms with Crippen molar-refractivity contribution in [2.45, 2.75) is 44.2 Å². The second kappa shape index (κ2) is 13.8. The number of hydrogen-bond acceptors (Lipinski definition) is 8. The molecule has 2 fully saturated rings. The monoisotopic (exact) mass is 435 g/mol. The number of carbonyl (C=O) groups is 4. The molecule has 2 saturated heterocycles. The Bertz CT molecular complexity index is 716. The van der Waals surface area contributed by atoms with Crippen LogP contribution in [0.3, 0.4) is 0 Å². The Morgan fingerprint density at radius 1 is 0.968 bits per heavy atom. The lowest BCUT2D eigenvalue weighted by atomic mass is 10.1. The van der Waals surface area contributed by atoms with Gasteiger partial charge in [-0.15, -0.1) is 0 Å². The number of carbonyl (C=O) groups excluding carboxylic acids is 4. The van der Waals surface area contributed by atoms with Gasteiger partial charge in [-0.1, -0.05) is 25.3 Å².